The van der Waals surface area contributed by atoms with Crippen molar-refractivity contribution in [1.82, 2.24) is 0 Å². The summed E-state index contributed by atoms with van der Waals surface area (Å²) in [6, 6.07) is 7.77. The summed E-state index contributed by atoms with van der Waals surface area (Å²) in [5.41, 5.74) is -0.747. The predicted octanol–water partition coefficient (Wildman–Crippen LogP) is 3.05. The van der Waals surface area contributed by atoms with Gasteiger partial charge < -0.3 is 20.6 Å². The van der Waals surface area contributed by atoms with Crippen LogP contribution < -0.4 is 5.32 Å². The molecule has 0 aliphatic heterocycles. The van der Waals surface area contributed by atoms with Crippen LogP contribution >= 0.6 is 11.6 Å². The van der Waals surface area contributed by atoms with E-state index >= 15 is 0 Å². The van der Waals surface area contributed by atoms with Crippen LogP contribution in [0.2, 0.25) is 5.02 Å². The summed E-state index contributed by atoms with van der Waals surface area (Å²) in [6.07, 6.45) is 0.495. The highest BCUT2D eigenvalue weighted by Crippen LogP contribution is 2.55. The fourth-order valence-corrected chi connectivity index (χ4v) is 7.38. The van der Waals surface area contributed by atoms with Crippen LogP contribution in [0.15, 0.2) is 41.3 Å². The van der Waals surface area contributed by atoms with E-state index < -0.39 is 50.5 Å². The molecule has 4 atom stereocenters. The smallest absolute Gasteiger partial charge is 0.255 e. The van der Waals surface area contributed by atoms with Gasteiger partial charge >= 0.3 is 0 Å². The summed E-state index contributed by atoms with van der Waals surface area (Å²) in [4.78, 5) is 10.2. The molecule has 2 aromatic carbocycles. The number of fused-ring (bicyclic) bond motifs is 2. The fraction of sp³-hybridized carbons (Fsp3) is 0.435. The zero-order valence-corrected chi connectivity index (χ0v) is 19.5. The molecule has 33 heavy (non-hydrogen) atoms. The van der Waals surface area contributed by atoms with E-state index in [1.54, 1.807) is 6.92 Å². The van der Waals surface area contributed by atoms with Crippen molar-refractivity contribution in [3.63, 3.8) is 0 Å². The Morgan fingerprint density at radius 2 is 1.79 bits per heavy atom. The highest BCUT2D eigenvalue weighted by molar-refractivity contribution is 7.92. The molecule has 2 aliphatic carbocycles. The molecule has 0 radical (unpaired) electrons. The van der Waals surface area contributed by atoms with E-state index in [1.807, 2.05) is 0 Å². The number of nitrogens with one attached hydrogen (secondary N) is 1. The third-order valence-electron chi connectivity index (χ3n) is 7.06. The minimum absolute atomic E-state index is 0.00537. The first-order valence-electron chi connectivity index (χ1n) is 10.6. The van der Waals surface area contributed by atoms with Gasteiger partial charge in [0.25, 0.3) is 5.91 Å². The van der Waals surface area contributed by atoms with Crippen molar-refractivity contribution in [2.24, 2.45) is 11.8 Å². The Balaban J connectivity index is 1.64. The second kappa shape index (κ2) is 8.32. The van der Waals surface area contributed by atoms with E-state index in [0.717, 1.165) is 6.07 Å². The molecular weight excluding hydrogens is 473 g/mol. The maximum absolute atomic E-state index is 13.5. The molecule has 178 valence electrons. The molecular formula is C23H25ClFNO6S. The molecule has 0 aromatic heterocycles. The van der Waals surface area contributed by atoms with Crippen molar-refractivity contribution < 1.29 is 32.9 Å². The van der Waals surface area contributed by atoms with E-state index in [0.29, 0.717) is 24.1 Å². The van der Waals surface area contributed by atoms with Gasteiger partial charge in [-0.05, 0) is 86.4 Å². The van der Waals surface area contributed by atoms with Crippen LogP contribution in [0, 0.1) is 24.6 Å². The number of benzene rings is 2. The summed E-state index contributed by atoms with van der Waals surface area (Å²) in [6.45, 7) is 1.05. The fourth-order valence-electron chi connectivity index (χ4n) is 5.11. The zero-order chi connectivity index (χ0) is 24.2. The van der Waals surface area contributed by atoms with E-state index in [1.165, 1.54) is 30.3 Å². The highest BCUT2D eigenvalue weighted by atomic mass is 35.5. The Hall–Kier alpha value is -2.04. The quantitative estimate of drug-likeness (QED) is 0.503. The number of rotatable bonds is 5. The Morgan fingerprint density at radius 3 is 2.36 bits per heavy atom. The van der Waals surface area contributed by atoms with Gasteiger partial charge in [-0.3, -0.25) is 4.79 Å². The third-order valence-corrected chi connectivity index (χ3v) is 9.75. The predicted molar refractivity (Wildman–Crippen MR) is 120 cm³/mol. The number of aryl methyl sites for hydroxylation is 1. The minimum atomic E-state index is -4.42. The van der Waals surface area contributed by atoms with Gasteiger partial charge in [0.15, 0.2) is 4.93 Å². The molecule has 4 rings (SSSR count). The van der Waals surface area contributed by atoms with Gasteiger partial charge in [-0.25, -0.2) is 12.8 Å². The second-order valence-electron chi connectivity index (χ2n) is 9.04. The summed E-state index contributed by atoms with van der Waals surface area (Å²) < 4.78 is 40.5. The molecule has 4 N–H and O–H groups in total. The van der Waals surface area contributed by atoms with Crippen molar-refractivity contribution in [3.05, 3.63) is 58.4 Å². The lowest BCUT2D eigenvalue weighted by atomic mass is 9.73. The number of carbonyl (C=O) groups is 1. The van der Waals surface area contributed by atoms with E-state index in [4.69, 9.17) is 11.6 Å². The molecule has 2 fully saturated rings. The number of anilines is 1. The number of amides is 1. The SMILES string of the molecule is Cc1cc(NC(=O)c2ccc(Cl)c(S(=O)(=O)C3(O)CC4CC[C@@H](C3)C4(O)CO)c2)ccc1F. The lowest BCUT2D eigenvalue weighted by Crippen LogP contribution is -2.56. The number of aliphatic hydroxyl groups excluding tert-OH is 1. The summed E-state index contributed by atoms with van der Waals surface area (Å²) in [5.74, 6) is -2.20. The van der Waals surface area contributed by atoms with Gasteiger partial charge in [0.1, 0.15) is 5.82 Å². The van der Waals surface area contributed by atoms with Crippen molar-refractivity contribution in [2.45, 2.75) is 48.0 Å². The van der Waals surface area contributed by atoms with Gasteiger partial charge in [-0.2, -0.15) is 0 Å². The van der Waals surface area contributed by atoms with Gasteiger partial charge in [-0.15, -0.1) is 0 Å². The van der Waals surface area contributed by atoms with Crippen molar-refractivity contribution in [3.8, 4) is 0 Å². The average Bonchev–Trinajstić information content (AvgIpc) is 2.93. The standard InChI is InChI=1S/C23H25ClFNO6S/c1-13-8-17(5-7-19(13)25)26-21(28)14-2-6-18(24)20(9-14)33(31,32)22(29)10-15-3-4-16(11-22)23(15,30)12-27/h2,5-9,15-16,27,29-30H,3-4,10-12H2,1H3,(H,26,28)/t15-,16?,22?,23?/m0/s1. The number of hydrogen-bond donors (Lipinski definition) is 4. The zero-order valence-electron chi connectivity index (χ0n) is 17.9. The van der Waals surface area contributed by atoms with Crippen LogP contribution in [0.25, 0.3) is 0 Å². The van der Waals surface area contributed by atoms with E-state index in [-0.39, 0.29) is 28.3 Å². The molecule has 10 heteroatoms. The topological polar surface area (TPSA) is 124 Å². The number of sulfone groups is 1. The van der Waals surface area contributed by atoms with Crippen LogP contribution in [-0.2, 0) is 9.84 Å². The molecule has 0 saturated heterocycles. The molecule has 2 bridgehead atoms. The van der Waals surface area contributed by atoms with Crippen molar-refractivity contribution >= 4 is 33.0 Å². The molecule has 7 nitrogen and oxygen atoms in total. The first-order chi connectivity index (χ1) is 15.4. The molecule has 2 aromatic rings. The van der Waals surface area contributed by atoms with E-state index in [9.17, 15) is 32.9 Å². The summed E-state index contributed by atoms with van der Waals surface area (Å²) >= 11 is 6.18. The van der Waals surface area contributed by atoms with Crippen molar-refractivity contribution in [2.75, 3.05) is 11.9 Å². The third kappa shape index (κ3) is 3.95. The first-order valence-corrected chi connectivity index (χ1v) is 12.4. The second-order valence-corrected chi connectivity index (χ2v) is 11.7. The Labute approximate surface area is 196 Å². The number of carbonyl (C=O) groups excluding carboxylic acids is 1. The van der Waals surface area contributed by atoms with Gasteiger partial charge in [0.05, 0.1) is 22.1 Å². The number of hydrogen-bond acceptors (Lipinski definition) is 6. The maximum atomic E-state index is 13.5. The molecule has 0 spiro atoms. The van der Waals surface area contributed by atoms with Gasteiger partial charge in [-0.1, -0.05) is 11.6 Å². The summed E-state index contributed by atoms with van der Waals surface area (Å²) in [7, 11) is -4.42. The molecule has 1 amide bonds. The Kier molecular flexibility index (Phi) is 6.07. The molecule has 3 unspecified atom stereocenters. The molecule has 2 aliphatic rings. The van der Waals surface area contributed by atoms with Crippen LogP contribution in [0.5, 0.6) is 0 Å². The van der Waals surface area contributed by atoms with Crippen LogP contribution in [-0.4, -0.2) is 46.8 Å². The highest BCUT2D eigenvalue weighted by Gasteiger charge is 2.61. The van der Waals surface area contributed by atoms with Crippen LogP contribution in [0.4, 0.5) is 10.1 Å². The molecule has 0 heterocycles. The van der Waals surface area contributed by atoms with Crippen LogP contribution in [0.3, 0.4) is 0 Å². The lowest BCUT2D eigenvalue weighted by Gasteiger charge is -2.45. The summed E-state index contributed by atoms with van der Waals surface area (Å²) in [5, 5.41) is 34.1. The Bertz CT molecular complexity index is 1200. The normalized spacial score (nSPS) is 29.2. The van der Waals surface area contributed by atoms with Gasteiger partial charge in [0.2, 0.25) is 9.84 Å². The molecule has 2 saturated carbocycles. The Morgan fingerprint density at radius 1 is 1.15 bits per heavy atom. The van der Waals surface area contributed by atoms with Gasteiger partial charge in [0, 0.05) is 11.3 Å². The van der Waals surface area contributed by atoms with Crippen LogP contribution in [0.1, 0.15) is 41.6 Å². The lowest BCUT2D eigenvalue weighted by molar-refractivity contribution is -0.128. The number of halogens is 2. The minimum Gasteiger partial charge on any atom is -0.393 e. The number of aliphatic hydroxyl groups is 3. The first kappa shape index (κ1) is 24.1. The maximum Gasteiger partial charge on any atom is 0.255 e. The monoisotopic (exact) mass is 497 g/mol. The largest absolute Gasteiger partial charge is 0.393 e. The van der Waals surface area contributed by atoms with Crippen molar-refractivity contribution in [1.29, 1.82) is 0 Å². The average molecular weight is 498 g/mol. The van der Waals surface area contributed by atoms with E-state index in [2.05, 4.69) is 5.32 Å².